The number of benzene rings is 1. The lowest BCUT2D eigenvalue weighted by Crippen LogP contribution is -2.58. The Hall–Kier alpha value is -4.14. The molecule has 2 heterocycles. The Morgan fingerprint density at radius 2 is 1.66 bits per heavy atom. The van der Waals surface area contributed by atoms with Crippen LogP contribution in [0.4, 0.5) is 4.79 Å². The first-order valence-electron chi connectivity index (χ1n) is 17.8. The first kappa shape index (κ1) is 35.7. The molecule has 0 unspecified atom stereocenters. The molecule has 5 atom stereocenters. The fraction of sp³-hybridized carbons (Fsp3) is 0.629. The van der Waals surface area contributed by atoms with Crippen LogP contribution in [0.5, 0.6) is 5.75 Å². The standard InChI is InChI=1S/C35H47N5O9S/c1-48-25-15-13-22(14-16-25)30(41)36-24-19-29-31(42)38-35(33(44)39-50(46,47)27-17-18-27)20-23(35)9-5-3-2-4-6-12-28(32(43)40(29)21-24)37-34(45)49-26-10-7-8-11-26/h5,9,13-16,23-24,26-29H,2-4,6-8,10-12,17-21H2,1H3,(H,36,41)(H,37,45)(H,38,42)(H,39,44)/t23-,24-,28+,29+,35-/m1/s1. The van der Waals surface area contributed by atoms with E-state index in [4.69, 9.17) is 9.47 Å². The normalized spacial score (nSPS) is 29.0. The molecule has 3 saturated carbocycles. The molecule has 3 aliphatic carbocycles. The highest BCUT2D eigenvalue weighted by atomic mass is 32.2. The number of hydrogen-bond donors (Lipinski definition) is 4. The highest BCUT2D eigenvalue weighted by Gasteiger charge is 2.62. The molecule has 0 aromatic heterocycles. The Labute approximate surface area is 292 Å². The third-order valence-corrected chi connectivity index (χ3v) is 12.3. The van der Waals surface area contributed by atoms with Gasteiger partial charge in [-0.3, -0.25) is 23.9 Å². The minimum Gasteiger partial charge on any atom is -0.497 e. The van der Waals surface area contributed by atoms with Crippen LogP contribution >= 0.6 is 0 Å². The number of carbonyl (C=O) groups is 5. The number of hydrogen-bond acceptors (Lipinski definition) is 9. The van der Waals surface area contributed by atoms with E-state index in [0.29, 0.717) is 43.4 Å². The fourth-order valence-electron chi connectivity index (χ4n) is 7.25. The van der Waals surface area contributed by atoms with Crippen molar-refractivity contribution in [3.8, 4) is 5.75 Å². The minimum absolute atomic E-state index is 0.0206. The van der Waals surface area contributed by atoms with E-state index >= 15 is 0 Å². The van der Waals surface area contributed by atoms with Crippen molar-refractivity contribution in [3.05, 3.63) is 42.0 Å². The predicted molar refractivity (Wildman–Crippen MR) is 181 cm³/mol. The molecule has 0 bridgehead atoms. The SMILES string of the molecule is COc1ccc(C(=O)N[C@@H]2C[C@H]3C(=O)N[C@]4(C(=O)NS(=O)(=O)C5CC5)C[C@H]4C=CCCCCC[C@H](NC(=O)OC4CCCC4)C(=O)N3C2)cc1. The zero-order chi connectivity index (χ0) is 35.5. The van der Waals surface area contributed by atoms with Gasteiger partial charge in [-0.25, -0.2) is 13.2 Å². The third kappa shape index (κ3) is 8.24. The van der Waals surface area contributed by atoms with Crippen LogP contribution in [0.15, 0.2) is 36.4 Å². The molecule has 14 nitrogen and oxygen atoms in total. The molecule has 272 valence electrons. The summed E-state index contributed by atoms with van der Waals surface area (Å²) < 4.78 is 38.5. The van der Waals surface area contributed by atoms with Crippen LogP contribution in [0.1, 0.15) is 93.8 Å². The van der Waals surface area contributed by atoms with Crippen LogP contribution in [0.25, 0.3) is 0 Å². The van der Waals surface area contributed by atoms with Crippen molar-refractivity contribution in [3.63, 3.8) is 0 Å². The van der Waals surface area contributed by atoms with Gasteiger partial charge in [-0.15, -0.1) is 0 Å². The first-order chi connectivity index (χ1) is 24.0. The summed E-state index contributed by atoms with van der Waals surface area (Å²) in [6, 6.07) is 3.79. The number of rotatable bonds is 8. The molecule has 2 aliphatic heterocycles. The van der Waals surface area contributed by atoms with Crippen LogP contribution in [-0.2, 0) is 29.1 Å². The van der Waals surface area contributed by atoms with Gasteiger partial charge in [0.05, 0.1) is 12.4 Å². The maximum absolute atomic E-state index is 14.3. The largest absolute Gasteiger partial charge is 0.497 e. The number of methoxy groups -OCH3 is 1. The predicted octanol–water partition coefficient (Wildman–Crippen LogP) is 2.44. The lowest BCUT2D eigenvalue weighted by atomic mass is 10.0. The average molecular weight is 714 g/mol. The van der Waals surface area contributed by atoms with Gasteiger partial charge in [0.25, 0.3) is 11.8 Å². The Balaban J connectivity index is 1.25. The number of amides is 5. The molecule has 1 aromatic carbocycles. The average Bonchev–Trinajstić information content (AvgIpc) is 3.97. The van der Waals surface area contributed by atoms with Gasteiger partial charge in [-0.2, -0.15) is 0 Å². The summed E-state index contributed by atoms with van der Waals surface area (Å²) in [6.45, 7) is -0.0206. The van der Waals surface area contributed by atoms with Gasteiger partial charge in [0, 0.05) is 24.1 Å². The first-order valence-corrected chi connectivity index (χ1v) is 19.3. The summed E-state index contributed by atoms with van der Waals surface area (Å²) >= 11 is 0. The number of carbonyl (C=O) groups excluding carboxylic acids is 5. The number of nitrogens with one attached hydrogen (secondary N) is 4. The molecular formula is C35H47N5O9S. The van der Waals surface area contributed by atoms with E-state index in [2.05, 4.69) is 20.7 Å². The molecule has 0 radical (unpaired) electrons. The summed E-state index contributed by atoms with van der Waals surface area (Å²) in [6.07, 6.45) is 10.8. The number of fused-ring (bicyclic) bond motifs is 2. The molecular weight excluding hydrogens is 666 g/mol. The number of nitrogens with zero attached hydrogens (tertiary/aromatic N) is 1. The molecule has 15 heteroatoms. The van der Waals surface area contributed by atoms with E-state index in [0.717, 1.165) is 38.5 Å². The monoisotopic (exact) mass is 713 g/mol. The van der Waals surface area contributed by atoms with Gasteiger partial charge in [0.1, 0.15) is 29.5 Å². The molecule has 5 aliphatic rings. The molecule has 4 fully saturated rings. The minimum atomic E-state index is -3.88. The molecule has 5 amide bonds. The Morgan fingerprint density at radius 3 is 2.36 bits per heavy atom. The van der Waals surface area contributed by atoms with E-state index in [1.54, 1.807) is 24.3 Å². The smallest absolute Gasteiger partial charge is 0.408 e. The molecule has 50 heavy (non-hydrogen) atoms. The van der Waals surface area contributed by atoms with E-state index in [9.17, 15) is 32.4 Å². The van der Waals surface area contributed by atoms with Crippen molar-refractivity contribution in [1.82, 2.24) is 25.6 Å². The lowest BCUT2D eigenvalue weighted by Gasteiger charge is -2.30. The van der Waals surface area contributed by atoms with Gasteiger partial charge in [0.15, 0.2) is 0 Å². The van der Waals surface area contributed by atoms with Crippen molar-refractivity contribution >= 4 is 39.7 Å². The van der Waals surface area contributed by atoms with Gasteiger partial charge >= 0.3 is 6.09 Å². The third-order valence-electron chi connectivity index (χ3n) is 10.4. The molecule has 0 spiro atoms. The summed E-state index contributed by atoms with van der Waals surface area (Å²) in [5.74, 6) is -2.19. The lowest BCUT2D eigenvalue weighted by molar-refractivity contribution is -0.141. The second kappa shape index (κ2) is 15.0. The molecule has 1 aromatic rings. The van der Waals surface area contributed by atoms with E-state index in [1.807, 2.05) is 12.2 Å². The highest BCUT2D eigenvalue weighted by molar-refractivity contribution is 7.91. The zero-order valence-electron chi connectivity index (χ0n) is 28.4. The second-order valence-electron chi connectivity index (χ2n) is 14.2. The maximum Gasteiger partial charge on any atom is 0.408 e. The quantitative estimate of drug-likeness (QED) is 0.293. The molecule has 1 saturated heterocycles. The zero-order valence-corrected chi connectivity index (χ0v) is 29.2. The van der Waals surface area contributed by atoms with Crippen LogP contribution in [0.2, 0.25) is 0 Å². The van der Waals surface area contributed by atoms with Crippen molar-refractivity contribution in [2.24, 2.45) is 5.92 Å². The number of sulfonamides is 1. The van der Waals surface area contributed by atoms with Gasteiger partial charge in [-0.05, 0) is 94.9 Å². The van der Waals surface area contributed by atoms with Gasteiger partial charge in [0.2, 0.25) is 21.8 Å². The summed E-state index contributed by atoms with van der Waals surface area (Å²) in [4.78, 5) is 69.6. The highest BCUT2D eigenvalue weighted by Crippen LogP contribution is 2.46. The van der Waals surface area contributed by atoms with Crippen LogP contribution in [0, 0.1) is 5.92 Å². The van der Waals surface area contributed by atoms with Crippen molar-refractivity contribution in [1.29, 1.82) is 0 Å². The van der Waals surface area contributed by atoms with Crippen LogP contribution in [-0.4, -0.2) is 91.7 Å². The van der Waals surface area contributed by atoms with Crippen molar-refractivity contribution in [2.45, 2.75) is 118 Å². The topological polar surface area (TPSA) is 189 Å². The van der Waals surface area contributed by atoms with Crippen molar-refractivity contribution in [2.75, 3.05) is 13.7 Å². The van der Waals surface area contributed by atoms with Gasteiger partial charge in [-0.1, -0.05) is 25.0 Å². The summed E-state index contributed by atoms with van der Waals surface area (Å²) in [7, 11) is -2.36. The van der Waals surface area contributed by atoms with Crippen LogP contribution < -0.4 is 25.4 Å². The van der Waals surface area contributed by atoms with E-state index in [-0.39, 0.29) is 25.5 Å². The van der Waals surface area contributed by atoms with E-state index < -0.39 is 74.6 Å². The van der Waals surface area contributed by atoms with Gasteiger partial charge < -0.3 is 30.3 Å². The van der Waals surface area contributed by atoms with Crippen LogP contribution in [0.3, 0.4) is 0 Å². The second-order valence-corrected chi connectivity index (χ2v) is 16.1. The number of alkyl carbamates (subject to hydrolysis) is 1. The fourth-order valence-corrected chi connectivity index (χ4v) is 8.61. The Kier molecular flexibility index (Phi) is 10.7. The molecule has 4 N–H and O–H groups in total. The Morgan fingerprint density at radius 1 is 0.940 bits per heavy atom. The number of allylic oxidation sites excluding steroid dienone is 1. The Bertz CT molecular complexity index is 1610. The summed E-state index contributed by atoms with van der Waals surface area (Å²) in [5, 5.41) is 7.90. The molecule has 6 rings (SSSR count). The maximum atomic E-state index is 14.3. The van der Waals surface area contributed by atoms with Crippen molar-refractivity contribution < 1.29 is 41.9 Å². The number of ether oxygens (including phenoxy) is 2. The van der Waals surface area contributed by atoms with E-state index in [1.165, 1.54) is 12.0 Å². The summed E-state index contributed by atoms with van der Waals surface area (Å²) in [5.41, 5.74) is -1.14.